The van der Waals surface area contributed by atoms with Crippen molar-refractivity contribution >= 4 is 23.7 Å². The van der Waals surface area contributed by atoms with Gasteiger partial charge in [0, 0.05) is 20.5 Å². The topological polar surface area (TPSA) is 119 Å². The van der Waals surface area contributed by atoms with E-state index in [1.807, 2.05) is 97.8 Å². The Morgan fingerprint density at radius 2 is 1.31 bits per heavy atom. The number of hydrogen-bond donors (Lipinski definition) is 2. The van der Waals surface area contributed by atoms with Gasteiger partial charge >= 0.3 is 5.97 Å². The summed E-state index contributed by atoms with van der Waals surface area (Å²) in [4.78, 5) is 57.9. The first-order valence-electron chi connectivity index (χ1n) is 14.8. The van der Waals surface area contributed by atoms with Gasteiger partial charge < -0.3 is 25.0 Å². The van der Waals surface area contributed by atoms with Gasteiger partial charge in [-0.2, -0.15) is 0 Å². The predicted molar refractivity (Wildman–Crippen MR) is 165 cm³/mol. The van der Waals surface area contributed by atoms with E-state index in [0.717, 1.165) is 5.56 Å². The maximum Gasteiger partial charge on any atom is 0.326 e. The number of benzene rings is 1. The van der Waals surface area contributed by atoms with E-state index in [9.17, 15) is 24.3 Å². The zero-order valence-electron chi connectivity index (χ0n) is 27.5. The molecule has 10 heteroatoms. The molecule has 1 aromatic carbocycles. The zero-order chi connectivity index (χ0) is 32.4. The molecule has 0 aliphatic rings. The maximum absolute atomic E-state index is 14.0. The quantitative estimate of drug-likeness (QED) is 0.303. The number of nitrogens with one attached hydrogen (secondary N) is 1. The van der Waals surface area contributed by atoms with Crippen LogP contribution in [0.3, 0.4) is 0 Å². The van der Waals surface area contributed by atoms with E-state index in [1.165, 1.54) is 23.9 Å². The molecule has 0 heterocycles. The highest BCUT2D eigenvalue weighted by Crippen LogP contribution is 2.19. The van der Waals surface area contributed by atoms with Crippen molar-refractivity contribution in [1.29, 1.82) is 0 Å². The van der Waals surface area contributed by atoms with Crippen LogP contribution in [0, 0.1) is 11.8 Å². The van der Waals surface area contributed by atoms with Crippen LogP contribution in [0.15, 0.2) is 30.3 Å². The van der Waals surface area contributed by atoms with Crippen LogP contribution in [-0.2, 0) is 30.3 Å². The molecule has 0 aromatic heterocycles. The number of ether oxygens (including phenoxy) is 1. The van der Waals surface area contributed by atoms with E-state index in [-0.39, 0.29) is 30.8 Å². The molecule has 0 saturated heterocycles. The molecule has 0 spiro atoms. The number of aliphatic carboxylic acids is 1. The lowest BCUT2D eigenvalue weighted by Crippen LogP contribution is -2.59. The van der Waals surface area contributed by atoms with Crippen molar-refractivity contribution in [1.82, 2.24) is 20.0 Å². The molecule has 42 heavy (non-hydrogen) atoms. The van der Waals surface area contributed by atoms with Crippen molar-refractivity contribution in [2.24, 2.45) is 11.8 Å². The fourth-order valence-electron chi connectivity index (χ4n) is 4.66. The normalized spacial score (nSPS) is 14.8. The molecule has 0 radical (unpaired) electrons. The second kappa shape index (κ2) is 16.6. The highest BCUT2D eigenvalue weighted by Gasteiger charge is 2.38. The van der Waals surface area contributed by atoms with Crippen LogP contribution < -0.4 is 5.32 Å². The van der Waals surface area contributed by atoms with Crippen molar-refractivity contribution in [3.05, 3.63) is 35.9 Å². The van der Waals surface area contributed by atoms with Gasteiger partial charge in [-0.1, -0.05) is 58.0 Å². The Bertz CT molecular complexity index is 1020. The number of carbonyl (C=O) groups is 4. The third kappa shape index (κ3) is 12.1. The molecule has 238 valence electrons. The lowest BCUT2D eigenvalue weighted by Gasteiger charge is -2.36. The van der Waals surface area contributed by atoms with Crippen molar-refractivity contribution in [3.63, 3.8) is 0 Å². The van der Waals surface area contributed by atoms with Crippen LogP contribution in [0.2, 0.25) is 0 Å². The van der Waals surface area contributed by atoms with Gasteiger partial charge in [0.25, 0.3) is 0 Å². The average molecular weight is 591 g/mol. The average Bonchev–Trinajstić information content (AvgIpc) is 2.89. The highest BCUT2D eigenvalue weighted by atomic mass is 16.5. The van der Waals surface area contributed by atoms with Crippen molar-refractivity contribution in [2.45, 2.75) is 97.5 Å². The van der Waals surface area contributed by atoms with Gasteiger partial charge in [0.2, 0.25) is 17.7 Å². The van der Waals surface area contributed by atoms with E-state index in [1.54, 1.807) is 0 Å². The van der Waals surface area contributed by atoms with Crippen molar-refractivity contribution < 1.29 is 29.0 Å². The number of carboxylic acids is 1. The molecule has 0 aliphatic heterocycles. The Labute approximate surface area is 252 Å². The van der Waals surface area contributed by atoms with Crippen LogP contribution in [0.25, 0.3) is 0 Å². The molecule has 0 unspecified atom stereocenters. The smallest absolute Gasteiger partial charge is 0.326 e. The number of carbonyl (C=O) groups excluding carboxylic acids is 3. The number of rotatable bonds is 16. The van der Waals surface area contributed by atoms with Gasteiger partial charge in [-0.3, -0.25) is 19.3 Å². The van der Waals surface area contributed by atoms with Gasteiger partial charge in [-0.15, -0.1) is 0 Å². The molecule has 0 saturated carbocycles. The second-order valence-corrected chi connectivity index (χ2v) is 13.2. The number of carboxylic acid groups (broad SMARTS) is 1. The minimum atomic E-state index is -1.13. The molecule has 1 rings (SSSR count). The Morgan fingerprint density at radius 3 is 1.76 bits per heavy atom. The molecule has 1 aromatic rings. The molecule has 4 atom stereocenters. The van der Waals surface area contributed by atoms with E-state index in [0.29, 0.717) is 12.8 Å². The largest absolute Gasteiger partial charge is 0.480 e. The molecular weight excluding hydrogens is 536 g/mol. The summed E-state index contributed by atoms with van der Waals surface area (Å²) in [5.74, 6) is -2.09. The molecule has 0 bridgehead atoms. The molecule has 10 nitrogen and oxygen atoms in total. The first-order valence-corrected chi connectivity index (χ1v) is 14.8. The van der Waals surface area contributed by atoms with E-state index in [4.69, 9.17) is 4.74 Å². The Balaban J connectivity index is 3.35. The summed E-state index contributed by atoms with van der Waals surface area (Å²) in [6.45, 7) is 13.4. The summed E-state index contributed by atoms with van der Waals surface area (Å²) in [7, 11) is 6.64. The molecule has 3 amide bonds. The van der Waals surface area contributed by atoms with Crippen molar-refractivity contribution in [3.8, 4) is 0 Å². The minimum absolute atomic E-state index is 0.0306. The summed E-state index contributed by atoms with van der Waals surface area (Å²) in [6, 6.07) is 5.58. The van der Waals surface area contributed by atoms with Crippen LogP contribution in [0.1, 0.15) is 66.9 Å². The lowest BCUT2D eigenvalue weighted by molar-refractivity contribution is -0.154. The molecule has 2 N–H and O–H groups in total. The first kappa shape index (κ1) is 37.0. The SMILES string of the molecule is CC(C)C[C@@H](C(=O)N[C@@H](COC(C)(C)C)C(=O)N(C)[C@@H](CC(C)C)C(=O)N(C)[C@@H](Cc1ccccc1)C(=O)O)N(C)C. The van der Waals surface area contributed by atoms with Crippen molar-refractivity contribution in [2.75, 3.05) is 34.8 Å². The van der Waals surface area contributed by atoms with Crippen LogP contribution in [0.5, 0.6) is 0 Å². The van der Waals surface area contributed by atoms with Crippen LogP contribution >= 0.6 is 0 Å². The predicted octanol–water partition coefficient (Wildman–Crippen LogP) is 3.29. The van der Waals surface area contributed by atoms with E-state index in [2.05, 4.69) is 5.32 Å². The van der Waals surface area contributed by atoms with Gasteiger partial charge in [0.05, 0.1) is 18.2 Å². The van der Waals surface area contributed by atoms with Gasteiger partial charge in [0.1, 0.15) is 18.1 Å². The number of likely N-dealkylation sites (N-methyl/N-ethyl adjacent to an activating group) is 3. The Kier molecular flexibility index (Phi) is 14.6. The van der Waals surface area contributed by atoms with Crippen LogP contribution in [-0.4, -0.2) is 108 Å². The fraction of sp³-hybridized carbons (Fsp3) is 0.688. The van der Waals surface area contributed by atoms with E-state index >= 15 is 0 Å². The summed E-state index contributed by atoms with van der Waals surface area (Å²) in [5.41, 5.74) is 0.216. The van der Waals surface area contributed by atoms with Gasteiger partial charge in [-0.05, 0) is 65.1 Å². The third-order valence-corrected chi connectivity index (χ3v) is 7.09. The van der Waals surface area contributed by atoms with Gasteiger partial charge in [-0.25, -0.2) is 4.79 Å². The summed E-state index contributed by atoms with van der Waals surface area (Å²) < 4.78 is 5.94. The first-order chi connectivity index (χ1) is 19.3. The number of hydrogen-bond acceptors (Lipinski definition) is 6. The number of amides is 3. The lowest BCUT2D eigenvalue weighted by atomic mass is 9.98. The summed E-state index contributed by atoms with van der Waals surface area (Å²) in [5, 5.41) is 12.9. The van der Waals surface area contributed by atoms with E-state index < -0.39 is 47.6 Å². The minimum Gasteiger partial charge on any atom is -0.480 e. The molecular formula is C32H54N4O6. The fourth-order valence-corrected chi connectivity index (χ4v) is 4.66. The summed E-state index contributed by atoms with van der Waals surface area (Å²) in [6.07, 6.45) is 1.05. The monoisotopic (exact) mass is 590 g/mol. The highest BCUT2D eigenvalue weighted by molar-refractivity contribution is 5.94. The summed E-state index contributed by atoms with van der Waals surface area (Å²) >= 11 is 0. The standard InChI is InChI=1S/C32H54N4O6/c1-21(2)17-25(34(8)9)28(37)33-24(20-42-32(5,6)7)29(38)35(10)26(18-22(3)4)30(39)36(11)27(31(40)41)19-23-15-13-12-14-16-23/h12-16,21-22,24-27H,17-20H2,1-11H3,(H,33,37)(H,40,41)/t24-,25-,26-,27-/m0/s1. The Hall–Kier alpha value is -2.98. The number of nitrogens with zero attached hydrogens (tertiary/aromatic N) is 3. The molecule has 0 aliphatic carbocycles. The zero-order valence-corrected chi connectivity index (χ0v) is 27.5. The van der Waals surface area contributed by atoms with Crippen LogP contribution in [0.4, 0.5) is 0 Å². The van der Waals surface area contributed by atoms with Gasteiger partial charge in [0.15, 0.2) is 0 Å². The third-order valence-electron chi connectivity index (χ3n) is 7.09. The maximum atomic E-state index is 14.0. The second-order valence-electron chi connectivity index (χ2n) is 13.2. The Morgan fingerprint density at radius 1 is 0.810 bits per heavy atom. The molecule has 0 fully saturated rings.